The fourth-order valence-electron chi connectivity index (χ4n) is 3.54. The summed E-state index contributed by atoms with van der Waals surface area (Å²) in [6, 6.07) is 0. The normalized spacial score (nSPS) is 14.6. The van der Waals surface area contributed by atoms with Gasteiger partial charge in [0.15, 0.2) is 5.65 Å². The van der Waals surface area contributed by atoms with Crippen LogP contribution in [-0.4, -0.2) is 37.4 Å². The molecule has 1 aliphatic rings. The first-order valence-electron chi connectivity index (χ1n) is 7.85. The summed E-state index contributed by atoms with van der Waals surface area (Å²) in [6.45, 7) is 8.81. The zero-order chi connectivity index (χ0) is 17.2. The zero-order valence-electron chi connectivity index (χ0n) is 14.4. The molecule has 4 heterocycles. The molecule has 7 heteroatoms. The Kier molecular flexibility index (Phi) is 3.18. The molecule has 1 N–H and O–H groups in total. The van der Waals surface area contributed by atoms with Gasteiger partial charge >= 0.3 is 0 Å². The van der Waals surface area contributed by atoms with Crippen LogP contribution in [0.4, 0.5) is 0 Å². The Labute approximate surface area is 142 Å². The molecule has 6 nitrogen and oxygen atoms in total. The fraction of sp³-hybridized carbons (Fsp3) is 0.353. The van der Waals surface area contributed by atoms with E-state index in [1.165, 1.54) is 21.6 Å². The van der Waals surface area contributed by atoms with E-state index in [2.05, 4.69) is 37.8 Å². The number of hydrogen-bond donors (Lipinski definition) is 1. The van der Waals surface area contributed by atoms with Gasteiger partial charge in [0.25, 0.3) is 5.56 Å². The van der Waals surface area contributed by atoms with Crippen molar-refractivity contribution < 1.29 is 0 Å². The average Bonchev–Trinajstić information content (AvgIpc) is 3.07. The molecule has 0 unspecified atom stereocenters. The van der Waals surface area contributed by atoms with E-state index in [0.29, 0.717) is 16.9 Å². The van der Waals surface area contributed by atoms with Gasteiger partial charge in [0.2, 0.25) is 0 Å². The van der Waals surface area contributed by atoms with E-state index in [4.69, 9.17) is 0 Å². The second-order valence-electron chi connectivity index (χ2n) is 6.42. The maximum Gasteiger partial charge on any atom is 0.260 e. The predicted octanol–water partition coefficient (Wildman–Crippen LogP) is 0.836. The lowest BCUT2D eigenvalue weighted by Crippen LogP contribution is -2.40. The predicted molar refractivity (Wildman–Crippen MR) is 96.4 cm³/mol. The first kappa shape index (κ1) is 15.1. The number of rotatable bonds is 1. The van der Waals surface area contributed by atoms with Crippen LogP contribution < -0.4 is 15.3 Å². The summed E-state index contributed by atoms with van der Waals surface area (Å²) < 4.78 is 7.70. The molecule has 4 rings (SSSR count). The Morgan fingerprint density at radius 3 is 2.75 bits per heavy atom. The summed E-state index contributed by atoms with van der Waals surface area (Å²) in [5, 5.41) is 1.76. The lowest BCUT2D eigenvalue weighted by atomic mass is 10.2. The van der Waals surface area contributed by atoms with Gasteiger partial charge in [-0.1, -0.05) is 0 Å². The van der Waals surface area contributed by atoms with Crippen molar-refractivity contribution in [2.24, 2.45) is 0 Å². The number of hydrogen-bond acceptors (Lipinski definition) is 5. The Morgan fingerprint density at radius 2 is 2.00 bits per heavy atom. The summed E-state index contributed by atoms with van der Waals surface area (Å²) >= 11 is 1.52. The number of nitrogens with zero attached hydrogens (tertiary/aromatic N) is 4. The summed E-state index contributed by atoms with van der Waals surface area (Å²) in [4.78, 5) is 22.1. The van der Waals surface area contributed by atoms with Gasteiger partial charge in [-0.2, -0.15) is 4.37 Å². The van der Waals surface area contributed by atoms with Crippen molar-refractivity contribution in [1.29, 1.82) is 0 Å². The SMILES string of the molecule is CC1=c2sncc2=C(n2c(C)c(C)c3c(=O)[nH]c(C)nc32)N(C)C1. The maximum atomic E-state index is 12.5. The number of aryl methyl sites for hydroxylation is 2. The van der Waals surface area contributed by atoms with E-state index >= 15 is 0 Å². The molecule has 0 aliphatic carbocycles. The van der Waals surface area contributed by atoms with Crippen LogP contribution in [0, 0.1) is 20.8 Å². The molecular weight excluding hydrogens is 322 g/mol. The van der Waals surface area contributed by atoms with Gasteiger partial charge in [-0.15, -0.1) is 0 Å². The van der Waals surface area contributed by atoms with Gasteiger partial charge in [0.1, 0.15) is 11.6 Å². The van der Waals surface area contributed by atoms with Crippen LogP contribution in [0.25, 0.3) is 22.4 Å². The fourth-order valence-corrected chi connectivity index (χ4v) is 4.27. The van der Waals surface area contributed by atoms with E-state index in [0.717, 1.165) is 28.8 Å². The standard InChI is InChI=1S/C17H19N5OS/c1-8-7-21(5)17(12-6-18-24-14(8)12)22-10(3)9(2)13-15(22)19-11(4)20-16(13)23/h6H,7H2,1-5H3,(H,19,20,23). The third-order valence-corrected chi connectivity index (χ3v) is 5.69. The molecule has 0 saturated carbocycles. The number of fused-ring (bicyclic) bond motifs is 2. The monoisotopic (exact) mass is 341 g/mol. The minimum absolute atomic E-state index is 0.0812. The van der Waals surface area contributed by atoms with Crippen LogP contribution in [0.5, 0.6) is 0 Å². The first-order chi connectivity index (χ1) is 11.4. The van der Waals surface area contributed by atoms with Gasteiger partial charge < -0.3 is 9.88 Å². The second-order valence-corrected chi connectivity index (χ2v) is 7.23. The van der Waals surface area contributed by atoms with Crippen molar-refractivity contribution in [3.63, 3.8) is 0 Å². The lowest BCUT2D eigenvalue weighted by molar-refractivity contribution is 0.502. The molecule has 3 aromatic rings. The van der Waals surface area contributed by atoms with Crippen molar-refractivity contribution in [2.45, 2.75) is 27.7 Å². The molecule has 0 bridgehead atoms. The Bertz CT molecular complexity index is 1160. The molecule has 24 heavy (non-hydrogen) atoms. The summed E-state index contributed by atoms with van der Waals surface area (Å²) in [5.41, 5.74) is 3.95. The Morgan fingerprint density at radius 1 is 1.25 bits per heavy atom. The van der Waals surface area contributed by atoms with Gasteiger partial charge in [-0.25, -0.2) is 4.98 Å². The highest BCUT2D eigenvalue weighted by atomic mass is 32.1. The Balaban J connectivity index is 2.26. The second kappa shape index (κ2) is 5.04. The number of nitrogens with one attached hydrogen (secondary N) is 1. The van der Waals surface area contributed by atoms with Crippen LogP contribution >= 0.6 is 11.5 Å². The smallest absolute Gasteiger partial charge is 0.260 e. The molecule has 0 aromatic carbocycles. The maximum absolute atomic E-state index is 12.5. The van der Waals surface area contributed by atoms with Crippen LogP contribution in [0.15, 0.2) is 11.0 Å². The molecule has 124 valence electrons. The van der Waals surface area contributed by atoms with Crippen LogP contribution in [-0.2, 0) is 0 Å². The van der Waals surface area contributed by atoms with E-state index in [-0.39, 0.29) is 5.56 Å². The minimum atomic E-state index is -0.0812. The van der Waals surface area contributed by atoms with Crippen molar-refractivity contribution in [1.82, 2.24) is 23.8 Å². The van der Waals surface area contributed by atoms with Gasteiger partial charge in [0.05, 0.1) is 21.3 Å². The highest BCUT2D eigenvalue weighted by Crippen LogP contribution is 2.25. The average molecular weight is 341 g/mol. The number of H-pyrrole nitrogens is 1. The zero-order valence-corrected chi connectivity index (χ0v) is 15.2. The number of aromatic nitrogens is 4. The molecule has 0 atom stereocenters. The summed E-state index contributed by atoms with van der Waals surface area (Å²) in [7, 11) is 2.07. The van der Waals surface area contributed by atoms with E-state index in [1.54, 1.807) is 0 Å². The van der Waals surface area contributed by atoms with Crippen molar-refractivity contribution in [2.75, 3.05) is 13.6 Å². The quantitative estimate of drug-likeness (QED) is 0.712. The third kappa shape index (κ3) is 1.91. The van der Waals surface area contributed by atoms with Gasteiger partial charge in [-0.3, -0.25) is 9.36 Å². The van der Waals surface area contributed by atoms with Crippen molar-refractivity contribution >= 4 is 34.0 Å². The van der Waals surface area contributed by atoms with E-state index < -0.39 is 0 Å². The van der Waals surface area contributed by atoms with Crippen LogP contribution in [0.2, 0.25) is 0 Å². The van der Waals surface area contributed by atoms with E-state index in [1.807, 2.05) is 27.0 Å². The highest BCUT2D eigenvalue weighted by Gasteiger charge is 2.23. The van der Waals surface area contributed by atoms with Gasteiger partial charge in [-0.05, 0) is 50.4 Å². The summed E-state index contributed by atoms with van der Waals surface area (Å²) in [5.74, 6) is 1.66. The minimum Gasteiger partial charge on any atom is -0.356 e. The van der Waals surface area contributed by atoms with Gasteiger partial charge in [0, 0.05) is 19.3 Å². The van der Waals surface area contributed by atoms with Crippen molar-refractivity contribution in [3.05, 3.63) is 43.4 Å². The van der Waals surface area contributed by atoms with Crippen LogP contribution in [0.3, 0.4) is 0 Å². The highest BCUT2D eigenvalue weighted by molar-refractivity contribution is 7.03. The molecule has 0 saturated heterocycles. The first-order valence-corrected chi connectivity index (χ1v) is 8.62. The Hall–Kier alpha value is -2.41. The molecule has 0 amide bonds. The molecule has 1 aliphatic heterocycles. The molecule has 0 radical (unpaired) electrons. The van der Waals surface area contributed by atoms with E-state index in [9.17, 15) is 4.79 Å². The third-order valence-electron chi connectivity index (χ3n) is 4.73. The van der Waals surface area contributed by atoms with Crippen molar-refractivity contribution in [3.8, 4) is 0 Å². The number of aromatic amines is 1. The van der Waals surface area contributed by atoms with Crippen LogP contribution in [0.1, 0.15) is 24.0 Å². The molecule has 0 fully saturated rings. The molecular formula is C17H19N5OS. The lowest BCUT2D eigenvalue weighted by Gasteiger charge is -2.27. The topological polar surface area (TPSA) is 66.8 Å². The largest absolute Gasteiger partial charge is 0.356 e. The molecule has 3 aromatic heterocycles. The summed E-state index contributed by atoms with van der Waals surface area (Å²) in [6.07, 6.45) is 1.91. The molecule has 0 spiro atoms.